The van der Waals surface area contributed by atoms with Crippen LogP contribution in [0.3, 0.4) is 0 Å². The fourth-order valence-electron chi connectivity index (χ4n) is 3.48. The van der Waals surface area contributed by atoms with E-state index in [9.17, 15) is 8.78 Å². The zero-order valence-electron chi connectivity index (χ0n) is 13.3. The lowest BCUT2D eigenvalue weighted by Gasteiger charge is -2.44. The number of nitrogens with one attached hydrogen (secondary N) is 1. The molecule has 1 spiro atoms. The van der Waals surface area contributed by atoms with Crippen LogP contribution in [0.1, 0.15) is 24.0 Å². The molecule has 23 heavy (non-hydrogen) atoms. The highest BCUT2D eigenvalue weighted by molar-refractivity contribution is 5.27. The van der Waals surface area contributed by atoms with Crippen LogP contribution in [-0.4, -0.2) is 55.0 Å². The van der Waals surface area contributed by atoms with Gasteiger partial charge in [-0.1, -0.05) is 6.07 Å². The van der Waals surface area contributed by atoms with E-state index in [2.05, 4.69) is 10.2 Å². The number of hydrogen-bond donors (Lipinski definition) is 2. The molecule has 128 valence electrons. The highest BCUT2D eigenvalue weighted by Gasteiger charge is 2.37. The van der Waals surface area contributed by atoms with Gasteiger partial charge in [-0.3, -0.25) is 4.90 Å². The number of halogens is 2. The summed E-state index contributed by atoms with van der Waals surface area (Å²) in [7, 11) is 0. The van der Waals surface area contributed by atoms with Gasteiger partial charge in [0.25, 0.3) is 0 Å². The molecule has 2 N–H and O–H groups in total. The van der Waals surface area contributed by atoms with Gasteiger partial charge in [0, 0.05) is 44.9 Å². The third kappa shape index (κ3) is 3.88. The van der Waals surface area contributed by atoms with E-state index in [1.165, 1.54) is 6.07 Å². The number of benzene rings is 1. The van der Waals surface area contributed by atoms with Crippen molar-refractivity contribution in [1.82, 2.24) is 10.2 Å². The molecule has 0 bridgehead atoms. The van der Waals surface area contributed by atoms with Gasteiger partial charge < -0.3 is 15.2 Å². The number of aliphatic hydroxyl groups excluding tert-OH is 1. The van der Waals surface area contributed by atoms with Gasteiger partial charge in [0.05, 0.1) is 12.2 Å². The summed E-state index contributed by atoms with van der Waals surface area (Å²) in [6.07, 6.45) is 2.15. The molecule has 0 aliphatic carbocycles. The van der Waals surface area contributed by atoms with Crippen molar-refractivity contribution in [3.05, 3.63) is 34.9 Å². The van der Waals surface area contributed by atoms with E-state index >= 15 is 0 Å². The molecule has 0 saturated carbocycles. The standard InChI is InChI=1S/C17H24F2N2O2/c18-15-10-13(1-7-22)9-14(16(15)19)11-21-5-2-17(3-6-21)12-20-4-8-23-17/h9-10,20,22H,1-8,11-12H2. The number of morpholine rings is 1. The van der Waals surface area contributed by atoms with E-state index in [0.717, 1.165) is 45.6 Å². The average Bonchev–Trinajstić information content (AvgIpc) is 2.55. The molecule has 3 rings (SSSR count). The Kier molecular flexibility index (Phi) is 5.26. The molecular weight excluding hydrogens is 302 g/mol. The minimum atomic E-state index is -0.834. The van der Waals surface area contributed by atoms with Crippen molar-refractivity contribution in [2.45, 2.75) is 31.4 Å². The Morgan fingerprint density at radius 3 is 2.70 bits per heavy atom. The first kappa shape index (κ1) is 16.8. The SMILES string of the molecule is OCCc1cc(F)c(F)c(CN2CCC3(CC2)CNCCO3)c1. The van der Waals surface area contributed by atoms with Crippen molar-refractivity contribution >= 4 is 0 Å². The predicted molar refractivity (Wildman–Crippen MR) is 83.2 cm³/mol. The van der Waals surface area contributed by atoms with Crippen LogP contribution >= 0.6 is 0 Å². The summed E-state index contributed by atoms with van der Waals surface area (Å²) in [4.78, 5) is 2.14. The molecule has 2 saturated heterocycles. The molecule has 0 atom stereocenters. The minimum absolute atomic E-state index is 0.0684. The van der Waals surface area contributed by atoms with Crippen LogP contribution in [0, 0.1) is 11.6 Å². The number of piperidine rings is 1. The average molecular weight is 326 g/mol. The van der Waals surface area contributed by atoms with E-state index in [4.69, 9.17) is 9.84 Å². The molecule has 0 radical (unpaired) electrons. The first-order valence-electron chi connectivity index (χ1n) is 8.27. The summed E-state index contributed by atoms with van der Waals surface area (Å²) >= 11 is 0. The number of ether oxygens (including phenoxy) is 1. The molecular formula is C17H24F2N2O2. The second-order valence-electron chi connectivity index (χ2n) is 6.51. The van der Waals surface area contributed by atoms with Crippen molar-refractivity contribution in [1.29, 1.82) is 0 Å². The molecule has 2 heterocycles. The van der Waals surface area contributed by atoms with Gasteiger partial charge in [-0.05, 0) is 30.9 Å². The highest BCUT2D eigenvalue weighted by Crippen LogP contribution is 2.28. The van der Waals surface area contributed by atoms with Gasteiger partial charge in [-0.25, -0.2) is 8.78 Å². The van der Waals surface area contributed by atoms with Crippen LogP contribution in [0.2, 0.25) is 0 Å². The van der Waals surface area contributed by atoms with E-state index in [0.29, 0.717) is 24.1 Å². The predicted octanol–water partition coefficient (Wildman–Crippen LogP) is 1.45. The van der Waals surface area contributed by atoms with Gasteiger partial charge in [0.2, 0.25) is 0 Å². The number of rotatable bonds is 4. The number of hydrogen-bond acceptors (Lipinski definition) is 4. The number of nitrogens with zero attached hydrogens (tertiary/aromatic N) is 1. The van der Waals surface area contributed by atoms with Crippen LogP contribution in [0.15, 0.2) is 12.1 Å². The Morgan fingerprint density at radius 2 is 2.04 bits per heavy atom. The molecule has 1 aromatic carbocycles. The molecule has 2 aliphatic rings. The van der Waals surface area contributed by atoms with E-state index in [-0.39, 0.29) is 12.2 Å². The molecule has 4 nitrogen and oxygen atoms in total. The molecule has 2 aliphatic heterocycles. The fraction of sp³-hybridized carbons (Fsp3) is 0.647. The summed E-state index contributed by atoms with van der Waals surface area (Å²) in [5.41, 5.74) is 0.916. The van der Waals surface area contributed by atoms with Gasteiger partial charge >= 0.3 is 0 Å². The van der Waals surface area contributed by atoms with Crippen LogP contribution in [0.25, 0.3) is 0 Å². The molecule has 1 aromatic rings. The fourth-order valence-corrected chi connectivity index (χ4v) is 3.48. The van der Waals surface area contributed by atoms with Crippen LogP contribution < -0.4 is 5.32 Å². The zero-order chi connectivity index (χ0) is 16.3. The Hall–Kier alpha value is -1.08. The molecule has 0 aromatic heterocycles. The molecule has 2 fully saturated rings. The maximum atomic E-state index is 14.0. The second-order valence-corrected chi connectivity index (χ2v) is 6.51. The van der Waals surface area contributed by atoms with Crippen LogP contribution in [-0.2, 0) is 17.7 Å². The van der Waals surface area contributed by atoms with Crippen molar-refractivity contribution in [3.63, 3.8) is 0 Å². The van der Waals surface area contributed by atoms with Gasteiger partial charge in [0.1, 0.15) is 0 Å². The van der Waals surface area contributed by atoms with E-state index < -0.39 is 11.6 Å². The van der Waals surface area contributed by atoms with E-state index in [1.54, 1.807) is 6.07 Å². The molecule has 6 heteroatoms. The van der Waals surface area contributed by atoms with Crippen molar-refractivity contribution in [3.8, 4) is 0 Å². The van der Waals surface area contributed by atoms with Crippen LogP contribution in [0.4, 0.5) is 8.78 Å². The maximum Gasteiger partial charge on any atom is 0.163 e. The highest BCUT2D eigenvalue weighted by atomic mass is 19.2. The Morgan fingerprint density at radius 1 is 1.26 bits per heavy atom. The number of aliphatic hydroxyl groups is 1. The summed E-state index contributed by atoms with van der Waals surface area (Å²) in [5, 5.41) is 12.4. The van der Waals surface area contributed by atoms with Gasteiger partial charge in [-0.2, -0.15) is 0 Å². The Balaban J connectivity index is 1.64. The third-order valence-corrected chi connectivity index (χ3v) is 4.86. The first-order valence-corrected chi connectivity index (χ1v) is 8.27. The van der Waals surface area contributed by atoms with Gasteiger partial charge in [0.15, 0.2) is 11.6 Å². The van der Waals surface area contributed by atoms with Gasteiger partial charge in [-0.15, -0.1) is 0 Å². The summed E-state index contributed by atoms with van der Waals surface area (Å²) < 4.78 is 33.7. The Labute approximate surface area is 135 Å². The monoisotopic (exact) mass is 326 g/mol. The van der Waals surface area contributed by atoms with Crippen LogP contribution in [0.5, 0.6) is 0 Å². The third-order valence-electron chi connectivity index (χ3n) is 4.86. The lowest BCUT2D eigenvalue weighted by atomic mass is 9.90. The smallest absolute Gasteiger partial charge is 0.163 e. The summed E-state index contributed by atoms with van der Waals surface area (Å²) in [5.74, 6) is -1.61. The lowest BCUT2D eigenvalue weighted by Crippen LogP contribution is -2.55. The summed E-state index contributed by atoms with van der Waals surface area (Å²) in [6.45, 7) is 4.46. The van der Waals surface area contributed by atoms with Crippen molar-refractivity contribution in [2.24, 2.45) is 0 Å². The molecule has 0 unspecified atom stereocenters. The maximum absolute atomic E-state index is 14.0. The largest absolute Gasteiger partial charge is 0.396 e. The quantitative estimate of drug-likeness (QED) is 0.879. The topological polar surface area (TPSA) is 44.7 Å². The second kappa shape index (κ2) is 7.21. The van der Waals surface area contributed by atoms with Crippen molar-refractivity contribution in [2.75, 3.05) is 39.4 Å². The summed E-state index contributed by atoms with van der Waals surface area (Å²) in [6, 6.07) is 2.83. The first-order chi connectivity index (χ1) is 11.1. The molecule has 0 amide bonds. The zero-order valence-corrected chi connectivity index (χ0v) is 13.3. The minimum Gasteiger partial charge on any atom is -0.396 e. The van der Waals surface area contributed by atoms with Crippen molar-refractivity contribution < 1.29 is 18.6 Å². The normalized spacial score (nSPS) is 21.7. The number of likely N-dealkylation sites (tertiary alicyclic amines) is 1. The van der Waals surface area contributed by atoms with E-state index in [1.807, 2.05) is 0 Å². The lowest BCUT2D eigenvalue weighted by molar-refractivity contribution is -0.101. The Bertz CT molecular complexity index is 538.